The van der Waals surface area contributed by atoms with Crippen molar-refractivity contribution in [2.75, 3.05) is 19.6 Å². The Kier molecular flexibility index (Phi) is 19.2. The highest BCUT2D eigenvalue weighted by molar-refractivity contribution is 5.74. The Labute approximate surface area is 708 Å². The summed E-state index contributed by atoms with van der Waals surface area (Å²) >= 11 is 0. The van der Waals surface area contributed by atoms with Crippen LogP contribution in [0.2, 0.25) is 0 Å². The molecule has 5 aromatic heterocycles. The molecule has 5 heterocycles. The van der Waals surface area contributed by atoms with Crippen molar-refractivity contribution in [3.8, 4) is 0 Å². The minimum Gasteiger partial charge on any atom is -0.335 e. The summed E-state index contributed by atoms with van der Waals surface area (Å²) in [7, 11) is 0. The highest BCUT2D eigenvalue weighted by Gasteiger charge is 2.74. The second-order valence-corrected chi connectivity index (χ2v) is 38.7. The lowest BCUT2D eigenvalue weighted by Crippen LogP contribution is -2.76. The van der Waals surface area contributed by atoms with Gasteiger partial charge in [-0.1, -0.05) is 142 Å². The van der Waals surface area contributed by atoms with Gasteiger partial charge in [-0.25, -0.2) is 49.8 Å². The average Bonchev–Trinajstić information content (AvgIpc) is 0.664. The van der Waals surface area contributed by atoms with E-state index in [1.165, 1.54) is 122 Å². The molecule has 4 atom stereocenters. The molecule has 12 fully saturated rings. The lowest BCUT2D eigenvalue weighted by Gasteiger charge is -2.73. The summed E-state index contributed by atoms with van der Waals surface area (Å²) in [6.07, 6.45) is 39.0. The number of nitrogens with zero attached hydrogens (tertiary/aromatic N) is 14. The van der Waals surface area contributed by atoms with Crippen LogP contribution in [0.25, 0.3) is 0 Å². The van der Waals surface area contributed by atoms with Gasteiger partial charge in [0.2, 0.25) is 0 Å². The maximum Gasteiger partial charge on any atom is 0.134 e. The number of hydrogen-bond donors (Lipinski definition) is 0. The van der Waals surface area contributed by atoms with Gasteiger partial charge in [0.05, 0.1) is 0 Å². The molecule has 0 aliphatic heterocycles. The molecule has 14 heteroatoms. The quantitative estimate of drug-likeness (QED) is 0.0853. The van der Waals surface area contributed by atoms with E-state index in [1.807, 2.05) is 92.3 Å². The van der Waals surface area contributed by atoms with Crippen molar-refractivity contribution in [3.63, 3.8) is 0 Å². The molecule has 0 N–H and O–H groups in total. The van der Waals surface area contributed by atoms with Gasteiger partial charge in [0, 0.05) is 157 Å². The fourth-order valence-corrected chi connectivity index (χ4v) is 26.6. The second kappa shape index (κ2) is 30.0. The summed E-state index contributed by atoms with van der Waals surface area (Å²) in [5, 5.41) is 0. The van der Waals surface area contributed by atoms with E-state index in [1.54, 1.807) is 0 Å². The van der Waals surface area contributed by atoms with E-state index in [0.717, 1.165) is 124 Å². The Balaban J connectivity index is 0.000000119. The van der Waals surface area contributed by atoms with E-state index < -0.39 is 0 Å². The normalized spacial score (nSPS) is 28.4. The minimum absolute atomic E-state index is 0.0810. The maximum atomic E-state index is 5.12. The molecule has 25 rings (SSSR count). The number of anilines is 8. The topological polar surface area (TPSA) is 142 Å². The first-order valence-corrected chi connectivity index (χ1v) is 43.9. The third-order valence-corrected chi connectivity index (χ3v) is 29.5. The Morgan fingerprint density at radius 2 is 0.383 bits per heavy atom. The first-order valence-electron chi connectivity index (χ1n) is 43.9. The van der Waals surface area contributed by atoms with Gasteiger partial charge in [-0.2, -0.15) is 0 Å². The van der Waals surface area contributed by atoms with Gasteiger partial charge in [-0.15, -0.1) is 0 Å². The van der Waals surface area contributed by atoms with E-state index in [9.17, 15) is 0 Å². The van der Waals surface area contributed by atoms with Crippen LogP contribution >= 0.6 is 0 Å². The Bertz CT molecular complexity index is 5340. The second-order valence-electron chi connectivity index (χ2n) is 38.7. The van der Waals surface area contributed by atoms with Crippen molar-refractivity contribution in [3.05, 3.63) is 360 Å². The summed E-state index contributed by atoms with van der Waals surface area (Å²) in [6, 6.07) is 82.7. The lowest BCUT2D eigenvalue weighted by atomic mass is 9.38. The summed E-state index contributed by atoms with van der Waals surface area (Å²) < 4.78 is 0. The molecular formula is C106H110N14. The molecule has 0 spiro atoms. The van der Waals surface area contributed by atoms with Gasteiger partial charge in [-0.3, -0.25) is 0 Å². The zero-order valence-corrected chi connectivity index (χ0v) is 70.9. The fraction of sp³-hybridized carbons (Fsp3) is 0.358. The Morgan fingerprint density at radius 1 is 0.192 bits per heavy atom. The molecule has 12 aliphatic carbocycles. The van der Waals surface area contributed by atoms with Gasteiger partial charge >= 0.3 is 0 Å². The highest BCUT2D eigenvalue weighted by atomic mass is 15.3. The molecule has 604 valence electrons. The predicted molar refractivity (Wildman–Crippen MR) is 481 cm³/mol. The molecule has 0 saturated heterocycles. The number of rotatable bonds is 17. The van der Waals surface area contributed by atoms with Gasteiger partial charge in [-0.05, 0) is 316 Å². The van der Waals surface area contributed by atoms with E-state index >= 15 is 0 Å². The summed E-state index contributed by atoms with van der Waals surface area (Å²) in [4.78, 5) is 60.4. The molecule has 120 heavy (non-hydrogen) atoms. The third kappa shape index (κ3) is 13.7. The van der Waals surface area contributed by atoms with Crippen LogP contribution in [0, 0.1) is 73.1 Å². The number of benzene rings is 8. The standard InChI is InChI=1S/C46H46N6.C32H33N5.C28H31N3/c1-33-7-15-37(16-8-33)51(38-17-9-34(2)10-18-38)45-28-43(41-47-23-5-24-48-41)27-44(29-45,42-49-25-6-26-50-42)31-46(30-43,32-45)52(39-19-11-35(3)12-20-39)40-21-13-36(4)14-22-40;1-23-5-9-26(10-6-23)37(27-11-7-24(2)8-12-27)32-19-25-17-30(21-32,28-33-13-3-14-34-28)20-31(18-25,22-32)29-35-15-4-16-36-29;1-20-4-8-24(9-5-20)31(25-10-6-21(2)7-11-25)28-17-22-14-23(18-28)16-27(15-22,19-28)26-29-12-3-13-30-26/h5-26H,27-32H2,1-4H3;3-16,25H,17-22H2,1-2H3;3-13,22-23H,14-19H2,1-2H3. The molecule has 13 aromatic rings. The predicted octanol–water partition coefficient (Wildman–Crippen LogP) is 23.4. The van der Waals surface area contributed by atoms with Crippen molar-refractivity contribution < 1.29 is 0 Å². The van der Waals surface area contributed by atoms with Crippen LogP contribution < -0.4 is 19.6 Å². The van der Waals surface area contributed by atoms with Crippen molar-refractivity contribution in [2.45, 2.75) is 220 Å². The largest absolute Gasteiger partial charge is 0.335 e. The van der Waals surface area contributed by atoms with Crippen molar-refractivity contribution >= 4 is 45.5 Å². The molecule has 12 bridgehead atoms. The van der Waals surface area contributed by atoms with E-state index in [-0.39, 0.29) is 49.2 Å². The van der Waals surface area contributed by atoms with E-state index in [0.29, 0.717) is 5.92 Å². The number of hydrogen-bond acceptors (Lipinski definition) is 14. The Hall–Kier alpha value is -11.6. The first kappa shape index (κ1) is 77.0. The van der Waals surface area contributed by atoms with Gasteiger partial charge < -0.3 is 19.6 Å². The van der Waals surface area contributed by atoms with Gasteiger partial charge in [0.15, 0.2) is 0 Å². The van der Waals surface area contributed by atoms with Crippen LogP contribution in [0.3, 0.4) is 0 Å². The van der Waals surface area contributed by atoms with Crippen LogP contribution in [0.1, 0.15) is 189 Å². The summed E-state index contributed by atoms with van der Waals surface area (Å²) in [5.74, 6) is 7.05. The zero-order valence-electron chi connectivity index (χ0n) is 70.9. The SMILES string of the molecule is Cc1ccc(N(c2ccc(C)cc2)C23CC4(c5ncccn5)CC(c5ncccn5)(C2)CC(N(c2ccc(C)cc2)c2ccc(C)cc2)(C4)C3)cc1.Cc1ccc(N(c2ccc(C)cc2)C23CC4CC(CC(c5ncccn5)(C4)C2)C3)cc1.Cc1ccc(N(c2ccc(C)cc2)C23CC4CC(c5ncccn5)(CC(c5ncccn5)(C4)C2)C3)cc1. The Morgan fingerprint density at radius 3 is 0.650 bits per heavy atom. The third-order valence-electron chi connectivity index (χ3n) is 29.5. The molecule has 8 aromatic carbocycles. The molecule has 0 radical (unpaired) electrons. The van der Waals surface area contributed by atoms with Crippen molar-refractivity contribution in [1.29, 1.82) is 0 Å². The van der Waals surface area contributed by atoms with Crippen LogP contribution in [0.4, 0.5) is 45.5 Å². The minimum atomic E-state index is -0.337. The molecule has 0 amide bonds. The van der Waals surface area contributed by atoms with Crippen LogP contribution in [0.15, 0.2) is 286 Å². The van der Waals surface area contributed by atoms with Gasteiger partial charge in [0.25, 0.3) is 0 Å². The van der Waals surface area contributed by atoms with Crippen molar-refractivity contribution in [2.24, 2.45) is 17.8 Å². The average molecular weight is 1580 g/mol. The first-order chi connectivity index (χ1) is 58.3. The van der Waals surface area contributed by atoms with Crippen molar-refractivity contribution in [1.82, 2.24) is 49.8 Å². The van der Waals surface area contributed by atoms with Gasteiger partial charge in [0.1, 0.15) is 29.1 Å². The zero-order chi connectivity index (χ0) is 81.7. The highest BCUT2D eigenvalue weighted by Crippen LogP contribution is 2.74. The molecule has 14 nitrogen and oxygen atoms in total. The monoisotopic (exact) mass is 1580 g/mol. The van der Waals surface area contributed by atoms with Crippen LogP contribution in [0.5, 0.6) is 0 Å². The van der Waals surface area contributed by atoms with Crippen LogP contribution in [-0.2, 0) is 27.1 Å². The lowest BCUT2D eigenvalue weighted by molar-refractivity contribution is -0.0645. The number of aromatic nitrogens is 10. The fourth-order valence-electron chi connectivity index (χ4n) is 26.6. The van der Waals surface area contributed by atoms with Crippen LogP contribution in [-0.4, -0.2) is 72.0 Å². The summed E-state index contributed by atoms with van der Waals surface area (Å²) in [5.41, 5.74) is 18.8. The van der Waals surface area contributed by atoms with E-state index in [2.05, 4.69) is 269 Å². The molecular weight excluding hydrogens is 1470 g/mol. The molecule has 12 saturated carbocycles. The summed E-state index contributed by atoms with van der Waals surface area (Å²) in [6.45, 7) is 17.4. The smallest absolute Gasteiger partial charge is 0.134 e. The molecule has 4 unspecified atom stereocenters. The maximum absolute atomic E-state index is 5.12. The van der Waals surface area contributed by atoms with E-state index in [4.69, 9.17) is 49.8 Å². The number of aryl methyl sites for hydroxylation is 8. The molecule has 12 aliphatic rings.